The van der Waals surface area contributed by atoms with Crippen LogP contribution in [0.25, 0.3) is 10.9 Å². The number of hydrogen-bond acceptors (Lipinski definition) is 3. The number of hydrogen-bond donors (Lipinski definition) is 3. The highest BCUT2D eigenvalue weighted by Gasteiger charge is 2.18. The Labute approximate surface area is 148 Å². The predicted octanol–water partition coefficient (Wildman–Crippen LogP) is 4.03. The number of aromatic nitrogens is 1. The number of nitrogens with zero attached hydrogens (tertiary/aromatic N) is 1. The zero-order valence-corrected chi connectivity index (χ0v) is 13.7. The number of amides is 3. The van der Waals surface area contributed by atoms with E-state index in [-0.39, 0.29) is 5.91 Å². The Bertz CT molecular complexity index is 1020. The Morgan fingerprint density at radius 1 is 1.16 bits per heavy atom. The molecule has 0 radical (unpaired) electrons. The molecule has 0 fully saturated rings. The number of anilines is 3. The monoisotopic (exact) mass is 352 g/mol. The van der Waals surface area contributed by atoms with Gasteiger partial charge in [0, 0.05) is 23.0 Å². The molecule has 6 nitrogen and oxygen atoms in total. The third-order valence-electron chi connectivity index (χ3n) is 3.96. The van der Waals surface area contributed by atoms with Crippen molar-refractivity contribution in [2.45, 2.75) is 6.42 Å². The summed E-state index contributed by atoms with van der Waals surface area (Å²) in [6, 6.07) is 12.0. The minimum atomic E-state index is -0.392. The zero-order chi connectivity index (χ0) is 17.4. The van der Waals surface area contributed by atoms with Crippen molar-refractivity contribution in [1.82, 2.24) is 4.98 Å². The van der Waals surface area contributed by atoms with Crippen LogP contribution in [0.4, 0.5) is 21.9 Å². The number of fused-ring (bicyclic) bond motifs is 2. The smallest absolute Gasteiger partial charge is 0.323 e. The SMILES string of the molecule is O=C1Cc2ccc(NC(=O)Nc3ccc(Cl)c4ncccc34)cc2N1. The third kappa shape index (κ3) is 2.99. The van der Waals surface area contributed by atoms with Crippen LogP contribution in [0.2, 0.25) is 5.02 Å². The Morgan fingerprint density at radius 2 is 2.04 bits per heavy atom. The number of pyridine rings is 1. The first-order valence-corrected chi connectivity index (χ1v) is 8.02. The van der Waals surface area contributed by atoms with Gasteiger partial charge in [-0.1, -0.05) is 17.7 Å². The lowest BCUT2D eigenvalue weighted by Gasteiger charge is -2.11. The first kappa shape index (κ1) is 15.4. The largest absolute Gasteiger partial charge is 0.325 e. The Kier molecular flexibility index (Phi) is 3.74. The summed E-state index contributed by atoms with van der Waals surface area (Å²) in [6.45, 7) is 0. The minimum absolute atomic E-state index is 0.0447. The lowest BCUT2D eigenvalue weighted by atomic mass is 10.1. The number of urea groups is 1. The van der Waals surface area contributed by atoms with Crippen molar-refractivity contribution in [3.05, 3.63) is 59.2 Å². The molecule has 0 bridgehead atoms. The summed E-state index contributed by atoms with van der Waals surface area (Å²) >= 11 is 6.14. The number of rotatable bonds is 2. The highest BCUT2D eigenvalue weighted by molar-refractivity contribution is 6.35. The summed E-state index contributed by atoms with van der Waals surface area (Å²) < 4.78 is 0. The lowest BCUT2D eigenvalue weighted by molar-refractivity contribution is -0.115. The number of halogens is 1. The normalized spacial score (nSPS) is 12.6. The van der Waals surface area contributed by atoms with Crippen molar-refractivity contribution in [2.24, 2.45) is 0 Å². The van der Waals surface area contributed by atoms with Gasteiger partial charge in [-0.15, -0.1) is 0 Å². The molecule has 2 aromatic carbocycles. The van der Waals surface area contributed by atoms with E-state index in [1.807, 2.05) is 12.1 Å². The second kappa shape index (κ2) is 6.07. The van der Waals surface area contributed by atoms with Crippen molar-refractivity contribution in [2.75, 3.05) is 16.0 Å². The van der Waals surface area contributed by atoms with Gasteiger partial charge in [-0.25, -0.2) is 4.79 Å². The standard InChI is InChI=1S/C18H13ClN4O2/c19-13-5-6-14(12-2-1-7-20-17(12)13)23-18(25)21-11-4-3-10-8-16(24)22-15(10)9-11/h1-7,9H,8H2,(H,22,24)(H2,21,23,25). The summed E-state index contributed by atoms with van der Waals surface area (Å²) in [5.41, 5.74) is 3.48. The highest BCUT2D eigenvalue weighted by atomic mass is 35.5. The van der Waals surface area contributed by atoms with Crippen molar-refractivity contribution in [3.8, 4) is 0 Å². The second-order valence-corrected chi connectivity index (χ2v) is 6.08. The van der Waals surface area contributed by atoms with Crippen LogP contribution in [-0.4, -0.2) is 16.9 Å². The van der Waals surface area contributed by atoms with Gasteiger partial charge in [0.25, 0.3) is 0 Å². The van der Waals surface area contributed by atoms with Gasteiger partial charge in [0.15, 0.2) is 0 Å². The van der Waals surface area contributed by atoms with E-state index in [0.29, 0.717) is 28.3 Å². The van der Waals surface area contributed by atoms with Crippen LogP contribution in [0, 0.1) is 0 Å². The molecule has 124 valence electrons. The van der Waals surface area contributed by atoms with Crippen LogP contribution >= 0.6 is 11.6 Å². The first-order valence-electron chi connectivity index (χ1n) is 7.64. The average Bonchev–Trinajstić information content (AvgIpc) is 2.97. The Balaban J connectivity index is 1.55. The Morgan fingerprint density at radius 3 is 2.92 bits per heavy atom. The van der Waals surface area contributed by atoms with Gasteiger partial charge in [-0.2, -0.15) is 0 Å². The molecule has 0 atom stereocenters. The van der Waals surface area contributed by atoms with E-state index in [0.717, 1.165) is 16.6 Å². The van der Waals surface area contributed by atoms with E-state index >= 15 is 0 Å². The van der Waals surface area contributed by atoms with Crippen molar-refractivity contribution in [1.29, 1.82) is 0 Å². The molecule has 3 N–H and O–H groups in total. The van der Waals surface area contributed by atoms with Crippen molar-refractivity contribution in [3.63, 3.8) is 0 Å². The summed E-state index contributed by atoms with van der Waals surface area (Å²) in [4.78, 5) is 27.9. The minimum Gasteiger partial charge on any atom is -0.325 e. The van der Waals surface area contributed by atoms with Gasteiger partial charge in [0.2, 0.25) is 5.91 Å². The molecule has 1 aromatic heterocycles. The fourth-order valence-electron chi connectivity index (χ4n) is 2.82. The van der Waals surface area contributed by atoms with Crippen molar-refractivity contribution < 1.29 is 9.59 Å². The van der Waals surface area contributed by atoms with Crippen LogP contribution in [0.15, 0.2) is 48.7 Å². The lowest BCUT2D eigenvalue weighted by Crippen LogP contribution is -2.19. The highest BCUT2D eigenvalue weighted by Crippen LogP contribution is 2.29. The van der Waals surface area contributed by atoms with Crippen molar-refractivity contribution >= 4 is 51.5 Å². The number of nitrogens with one attached hydrogen (secondary N) is 3. The van der Waals surface area contributed by atoms with Gasteiger partial charge in [-0.05, 0) is 42.0 Å². The molecule has 0 spiro atoms. The van der Waals surface area contributed by atoms with Gasteiger partial charge < -0.3 is 16.0 Å². The van der Waals surface area contributed by atoms with E-state index in [1.165, 1.54) is 0 Å². The maximum Gasteiger partial charge on any atom is 0.323 e. The van der Waals surface area contributed by atoms with E-state index in [4.69, 9.17) is 11.6 Å². The molecule has 4 rings (SSSR count). The summed E-state index contributed by atoms with van der Waals surface area (Å²) in [5.74, 6) is -0.0447. The fraction of sp³-hybridized carbons (Fsp3) is 0.0556. The fourth-order valence-corrected chi connectivity index (χ4v) is 3.04. The van der Waals surface area contributed by atoms with Crippen LogP contribution in [0.5, 0.6) is 0 Å². The molecule has 0 unspecified atom stereocenters. The zero-order valence-electron chi connectivity index (χ0n) is 13.0. The maximum absolute atomic E-state index is 12.3. The van der Waals surface area contributed by atoms with Crippen LogP contribution in [-0.2, 0) is 11.2 Å². The summed E-state index contributed by atoms with van der Waals surface area (Å²) in [7, 11) is 0. The molecule has 2 heterocycles. The number of carbonyl (C=O) groups excluding carboxylic acids is 2. The molecule has 3 aromatic rings. The van der Waals surface area contributed by atoms with Crippen LogP contribution < -0.4 is 16.0 Å². The Hall–Kier alpha value is -3.12. The second-order valence-electron chi connectivity index (χ2n) is 5.67. The molecule has 3 amide bonds. The van der Waals surface area contributed by atoms with Gasteiger partial charge in [0.05, 0.1) is 22.6 Å². The summed E-state index contributed by atoms with van der Waals surface area (Å²) in [5, 5.41) is 9.60. The number of benzene rings is 2. The molecule has 1 aliphatic heterocycles. The average molecular weight is 353 g/mol. The molecule has 1 aliphatic rings. The van der Waals surface area contributed by atoms with Gasteiger partial charge >= 0.3 is 6.03 Å². The van der Waals surface area contributed by atoms with Gasteiger partial charge in [-0.3, -0.25) is 9.78 Å². The van der Waals surface area contributed by atoms with Crippen LogP contribution in [0.3, 0.4) is 0 Å². The predicted molar refractivity (Wildman–Crippen MR) is 98.2 cm³/mol. The first-order chi connectivity index (χ1) is 12.1. The summed E-state index contributed by atoms with van der Waals surface area (Å²) in [6.07, 6.45) is 2.02. The van der Waals surface area contributed by atoms with Gasteiger partial charge in [0.1, 0.15) is 0 Å². The van der Waals surface area contributed by atoms with Crippen LogP contribution in [0.1, 0.15) is 5.56 Å². The molecular formula is C18H13ClN4O2. The van der Waals surface area contributed by atoms with E-state index in [2.05, 4.69) is 20.9 Å². The quantitative estimate of drug-likeness (QED) is 0.651. The van der Waals surface area contributed by atoms with E-state index < -0.39 is 6.03 Å². The maximum atomic E-state index is 12.3. The molecule has 25 heavy (non-hydrogen) atoms. The number of carbonyl (C=O) groups is 2. The molecular weight excluding hydrogens is 340 g/mol. The molecule has 7 heteroatoms. The molecule has 0 aliphatic carbocycles. The van der Waals surface area contributed by atoms with E-state index in [1.54, 1.807) is 36.5 Å². The molecule has 0 saturated carbocycles. The molecule has 0 saturated heterocycles. The topological polar surface area (TPSA) is 83.1 Å². The third-order valence-corrected chi connectivity index (χ3v) is 4.27. The van der Waals surface area contributed by atoms with E-state index in [9.17, 15) is 9.59 Å².